The van der Waals surface area contributed by atoms with E-state index < -0.39 is 0 Å². The zero-order chi connectivity index (χ0) is 5.28. The average molecular weight is 145 g/mol. The van der Waals surface area contributed by atoms with Gasteiger partial charge in [0.1, 0.15) is 0 Å². The van der Waals surface area contributed by atoms with Crippen LogP contribution in [0, 0.1) is 0 Å². The molecule has 0 aliphatic carbocycles. The zero-order valence-electron chi connectivity index (χ0n) is 3.94. The van der Waals surface area contributed by atoms with Crippen LogP contribution in [0.5, 0.6) is 0 Å². The van der Waals surface area contributed by atoms with Crippen LogP contribution in [0.2, 0.25) is 0 Å². The third-order valence-electron chi connectivity index (χ3n) is 0.769. The van der Waals surface area contributed by atoms with E-state index in [1.54, 1.807) is 0 Å². The Bertz CT molecular complexity index is 157. The molecule has 0 aromatic carbocycles. The van der Waals surface area contributed by atoms with E-state index >= 15 is 0 Å². The van der Waals surface area contributed by atoms with E-state index in [-0.39, 0.29) is 0 Å². The SMILES string of the molecule is [PH2+]=C1C=CC([PH3+])=[Si-]1. The summed E-state index contributed by atoms with van der Waals surface area (Å²) in [5.41, 5.74) is 0. The molecule has 0 aromatic rings. The minimum Gasteiger partial charge on any atom is -0.294 e. The molecule has 0 spiro atoms. The largest absolute Gasteiger partial charge is 0.294 e. The van der Waals surface area contributed by atoms with E-state index in [0.717, 1.165) is 9.13 Å². The Morgan fingerprint density at radius 2 is 2.29 bits per heavy atom. The van der Waals surface area contributed by atoms with Crippen LogP contribution in [-0.4, -0.2) is 19.0 Å². The molecule has 0 saturated carbocycles. The normalized spacial score (nSPS) is 18.3. The molecule has 7 heavy (non-hydrogen) atoms. The van der Waals surface area contributed by atoms with Crippen LogP contribution in [0.25, 0.3) is 0 Å². The van der Waals surface area contributed by atoms with E-state index in [1.807, 2.05) is 9.24 Å². The average Bonchev–Trinajstić information content (AvgIpc) is 1.87. The van der Waals surface area contributed by atoms with Crippen molar-refractivity contribution in [2.45, 2.75) is 0 Å². The first-order valence-corrected chi connectivity index (χ1v) is 4.34. The molecule has 3 heteroatoms. The second-order valence-corrected chi connectivity index (χ2v) is 5.58. The summed E-state index contributed by atoms with van der Waals surface area (Å²) in [6.07, 6.45) is 4.34. The maximum Gasteiger partial charge on any atom is 0.0284 e. The summed E-state index contributed by atoms with van der Waals surface area (Å²) in [6.45, 7) is 0. The lowest BCUT2D eigenvalue weighted by molar-refractivity contribution is 2.40. The zero-order valence-corrected chi connectivity index (χ0v) is 7.51. The van der Waals surface area contributed by atoms with Crippen molar-refractivity contribution >= 4 is 37.1 Å². The summed E-state index contributed by atoms with van der Waals surface area (Å²) in [5.74, 6) is 0. The maximum atomic E-state index is 2.72. The smallest absolute Gasteiger partial charge is 0.0284 e. The number of allylic oxidation sites excluding steroid dienone is 2. The Morgan fingerprint density at radius 1 is 1.57 bits per heavy atom. The van der Waals surface area contributed by atoms with Gasteiger partial charge in [-0.2, -0.15) is 0 Å². The van der Waals surface area contributed by atoms with E-state index in [2.05, 4.69) is 21.0 Å². The first-order chi connectivity index (χ1) is 3.29. The van der Waals surface area contributed by atoms with Crippen LogP contribution >= 0.6 is 18.1 Å². The summed E-state index contributed by atoms with van der Waals surface area (Å²) in [5, 5.41) is 0. The third-order valence-corrected chi connectivity index (χ3v) is 3.10. The van der Waals surface area contributed by atoms with Crippen LogP contribution < -0.4 is 0 Å². The topological polar surface area (TPSA) is 0 Å². The first kappa shape index (κ1) is 5.56. The molecule has 0 bridgehead atoms. The Hall–Kier alpha value is 0.427. The van der Waals surface area contributed by atoms with E-state index in [9.17, 15) is 0 Å². The second kappa shape index (κ2) is 2.13. The monoisotopic (exact) mass is 145 g/mol. The summed E-state index contributed by atoms with van der Waals surface area (Å²) in [6, 6.07) is 0. The van der Waals surface area contributed by atoms with E-state index in [0.29, 0.717) is 0 Å². The van der Waals surface area contributed by atoms with Gasteiger partial charge in [-0.05, 0) is 9.24 Å². The minimum atomic E-state index is 0.954. The van der Waals surface area contributed by atoms with Gasteiger partial charge in [0.15, 0.2) is 0 Å². The van der Waals surface area contributed by atoms with Crippen molar-refractivity contribution in [3.8, 4) is 0 Å². The highest BCUT2D eigenvalue weighted by Crippen LogP contribution is 1.96. The molecule has 0 radical (unpaired) electrons. The first-order valence-electron chi connectivity index (χ1n) is 2.05. The Labute approximate surface area is 49.9 Å². The molecule has 0 aromatic heterocycles. The van der Waals surface area contributed by atoms with Crippen molar-refractivity contribution < 1.29 is 0 Å². The van der Waals surface area contributed by atoms with Gasteiger partial charge < -0.3 is 0 Å². The molecule has 0 amide bonds. The molecule has 2 atom stereocenters. The van der Waals surface area contributed by atoms with Crippen molar-refractivity contribution in [2.24, 2.45) is 0 Å². The fourth-order valence-corrected chi connectivity index (χ4v) is 3.16. The molecule has 36 valence electrons. The lowest BCUT2D eigenvalue weighted by Crippen LogP contribution is -1.89. The molecular formula is C4H7P2Si+. The van der Waals surface area contributed by atoms with Gasteiger partial charge in [-0.15, -0.1) is 4.91 Å². The second-order valence-electron chi connectivity index (χ2n) is 1.44. The number of hydrogen-bond donors (Lipinski definition) is 0. The molecule has 1 aliphatic heterocycles. The highest BCUT2D eigenvalue weighted by Gasteiger charge is 1.84. The van der Waals surface area contributed by atoms with Crippen molar-refractivity contribution in [1.82, 2.24) is 0 Å². The van der Waals surface area contributed by atoms with Crippen LogP contribution in [0.1, 0.15) is 0 Å². The summed E-state index contributed by atoms with van der Waals surface area (Å²) < 4.78 is 0. The fraction of sp³-hybridized carbons (Fsp3) is 0. The number of rotatable bonds is 0. The van der Waals surface area contributed by atoms with Gasteiger partial charge in [-0.25, -0.2) is 0 Å². The van der Waals surface area contributed by atoms with Crippen LogP contribution in [0.3, 0.4) is 0 Å². The molecule has 1 heterocycles. The molecule has 0 fully saturated rings. The molecule has 0 N–H and O–H groups in total. The molecule has 1 rings (SSSR count). The van der Waals surface area contributed by atoms with Crippen molar-refractivity contribution in [3.05, 3.63) is 12.2 Å². The van der Waals surface area contributed by atoms with Crippen molar-refractivity contribution in [1.29, 1.82) is 0 Å². The van der Waals surface area contributed by atoms with E-state index in [4.69, 9.17) is 0 Å². The Kier molecular flexibility index (Phi) is 1.69. The van der Waals surface area contributed by atoms with Crippen LogP contribution in [0.4, 0.5) is 0 Å². The van der Waals surface area contributed by atoms with Gasteiger partial charge in [-0.1, -0.05) is 17.1 Å². The molecule has 2 unspecified atom stereocenters. The summed E-state index contributed by atoms with van der Waals surface area (Å²) in [7, 11) is 5.65. The highest BCUT2D eigenvalue weighted by molar-refractivity contribution is 7.51. The van der Waals surface area contributed by atoms with Crippen LogP contribution in [0.15, 0.2) is 12.2 Å². The quantitative estimate of drug-likeness (QED) is 0.332. The van der Waals surface area contributed by atoms with Gasteiger partial charge >= 0.3 is 0 Å². The van der Waals surface area contributed by atoms with Gasteiger partial charge in [0.2, 0.25) is 0 Å². The van der Waals surface area contributed by atoms with Crippen molar-refractivity contribution in [2.75, 3.05) is 0 Å². The molecule has 0 nitrogen and oxygen atoms in total. The summed E-state index contributed by atoms with van der Waals surface area (Å²) in [4.78, 5) is 2.95. The third kappa shape index (κ3) is 1.42. The van der Waals surface area contributed by atoms with Gasteiger partial charge in [-0.3, -0.25) is 9.13 Å². The summed E-state index contributed by atoms with van der Waals surface area (Å²) >= 11 is 0. The lowest BCUT2D eigenvalue weighted by atomic mass is 10.6. The predicted octanol–water partition coefficient (Wildman–Crippen LogP) is 0.00270. The molecular weight excluding hydrogens is 138 g/mol. The number of hydrogen-bond acceptors (Lipinski definition) is 0. The van der Waals surface area contributed by atoms with E-state index in [1.165, 1.54) is 9.83 Å². The minimum absolute atomic E-state index is 0.954. The van der Waals surface area contributed by atoms with Crippen LogP contribution in [-0.2, 0) is 0 Å². The molecule has 0 saturated heterocycles. The predicted molar refractivity (Wildman–Crippen MR) is 45.7 cm³/mol. The van der Waals surface area contributed by atoms with Crippen molar-refractivity contribution in [3.63, 3.8) is 0 Å². The highest BCUT2D eigenvalue weighted by atomic mass is 31.0. The maximum absolute atomic E-state index is 2.72. The standard InChI is InChI=1S/C4H5P2Si/c5-3-1-2-4(6)7-3/h1-2,5H,6H2/q-1/p+2. The van der Waals surface area contributed by atoms with Gasteiger partial charge in [0.05, 0.1) is 0 Å². The fourth-order valence-electron chi connectivity index (χ4n) is 0.459. The lowest BCUT2D eigenvalue weighted by Gasteiger charge is -1.84. The Balaban J connectivity index is 2.88. The van der Waals surface area contributed by atoms with Gasteiger partial charge in [0.25, 0.3) is 0 Å². The Morgan fingerprint density at radius 3 is 2.43 bits per heavy atom. The molecule has 1 aliphatic rings. The van der Waals surface area contributed by atoms with Gasteiger partial charge in [0, 0.05) is 8.86 Å².